The monoisotopic (exact) mass is 404 g/mol. The fraction of sp³-hybridized carbons (Fsp3) is 0.136. The van der Waals surface area contributed by atoms with Gasteiger partial charge in [-0.25, -0.2) is 0 Å². The minimum absolute atomic E-state index is 0.0816. The second-order valence-corrected chi connectivity index (χ2v) is 7.33. The van der Waals surface area contributed by atoms with Crippen molar-refractivity contribution >= 4 is 17.7 Å². The summed E-state index contributed by atoms with van der Waals surface area (Å²) in [5, 5.41) is 12.3. The molecule has 2 aromatic heterocycles. The normalized spacial score (nSPS) is 10.8. The van der Waals surface area contributed by atoms with Crippen molar-refractivity contribution in [2.45, 2.75) is 18.2 Å². The molecule has 2 aromatic carbocycles. The summed E-state index contributed by atoms with van der Waals surface area (Å²) in [6.07, 6.45) is 1.59. The van der Waals surface area contributed by atoms with Crippen LogP contribution in [0.25, 0.3) is 11.4 Å². The van der Waals surface area contributed by atoms with Gasteiger partial charge in [-0.3, -0.25) is 9.36 Å². The lowest BCUT2D eigenvalue weighted by Crippen LogP contribution is -2.24. The van der Waals surface area contributed by atoms with Gasteiger partial charge in [0.2, 0.25) is 5.91 Å². The van der Waals surface area contributed by atoms with E-state index in [-0.39, 0.29) is 11.7 Å². The molecule has 0 atom stereocenters. The summed E-state index contributed by atoms with van der Waals surface area (Å²) in [4.78, 5) is 12.2. The molecule has 1 N–H and O–H groups in total. The second-order valence-electron chi connectivity index (χ2n) is 6.39. The number of aromatic nitrogens is 3. The summed E-state index contributed by atoms with van der Waals surface area (Å²) in [7, 11) is 0. The molecule has 0 saturated heterocycles. The highest BCUT2D eigenvalue weighted by Gasteiger charge is 2.16. The van der Waals surface area contributed by atoms with Crippen LogP contribution in [0.15, 0.2) is 88.6 Å². The zero-order valence-corrected chi connectivity index (χ0v) is 16.5. The van der Waals surface area contributed by atoms with E-state index in [1.807, 2.05) is 54.6 Å². The highest BCUT2D eigenvalue weighted by molar-refractivity contribution is 7.99. The van der Waals surface area contributed by atoms with Gasteiger partial charge in [0.1, 0.15) is 5.76 Å². The van der Waals surface area contributed by atoms with Crippen LogP contribution in [0.3, 0.4) is 0 Å². The first-order valence-corrected chi connectivity index (χ1v) is 10.2. The summed E-state index contributed by atoms with van der Waals surface area (Å²) in [5.41, 5.74) is 2.14. The van der Waals surface area contributed by atoms with E-state index in [1.54, 1.807) is 12.3 Å². The molecule has 0 radical (unpaired) electrons. The topological polar surface area (TPSA) is 73.0 Å². The van der Waals surface area contributed by atoms with Gasteiger partial charge in [-0.05, 0) is 17.7 Å². The molecule has 29 heavy (non-hydrogen) atoms. The molecular formula is C22H20N4O2S. The van der Waals surface area contributed by atoms with Crippen molar-refractivity contribution < 1.29 is 9.21 Å². The zero-order valence-electron chi connectivity index (χ0n) is 15.7. The van der Waals surface area contributed by atoms with Crippen molar-refractivity contribution in [2.75, 3.05) is 5.75 Å². The van der Waals surface area contributed by atoms with Gasteiger partial charge in [0.05, 0.1) is 25.1 Å². The molecule has 0 unspecified atom stereocenters. The molecule has 0 spiro atoms. The molecule has 0 aliphatic rings. The lowest BCUT2D eigenvalue weighted by Gasteiger charge is -2.10. The van der Waals surface area contributed by atoms with Gasteiger partial charge in [0.15, 0.2) is 11.0 Å². The lowest BCUT2D eigenvalue weighted by atomic mass is 10.2. The summed E-state index contributed by atoms with van der Waals surface area (Å²) in [6, 6.07) is 23.7. The molecule has 0 saturated carbocycles. The molecule has 1 amide bonds. The first-order chi connectivity index (χ1) is 14.3. The highest BCUT2D eigenvalue weighted by atomic mass is 32.2. The molecule has 146 valence electrons. The third-order valence-electron chi connectivity index (χ3n) is 4.30. The molecule has 4 aromatic rings. The number of hydrogen-bond donors (Lipinski definition) is 1. The number of carbonyl (C=O) groups is 1. The number of carbonyl (C=O) groups excluding carboxylic acids is 1. The van der Waals surface area contributed by atoms with E-state index in [2.05, 4.69) is 32.2 Å². The fourth-order valence-electron chi connectivity index (χ4n) is 2.88. The summed E-state index contributed by atoms with van der Waals surface area (Å²) in [5.74, 6) is 1.68. The van der Waals surface area contributed by atoms with Gasteiger partial charge in [-0.15, -0.1) is 10.2 Å². The van der Waals surface area contributed by atoms with E-state index in [1.165, 1.54) is 11.8 Å². The van der Waals surface area contributed by atoms with E-state index in [9.17, 15) is 4.79 Å². The lowest BCUT2D eigenvalue weighted by molar-refractivity contribution is -0.118. The summed E-state index contributed by atoms with van der Waals surface area (Å²) in [6.45, 7) is 1.01. The van der Waals surface area contributed by atoms with Crippen LogP contribution in [0, 0.1) is 0 Å². The van der Waals surface area contributed by atoms with Crippen LogP contribution in [0.4, 0.5) is 0 Å². The van der Waals surface area contributed by atoms with E-state index < -0.39 is 0 Å². The van der Waals surface area contributed by atoms with Crippen LogP contribution < -0.4 is 5.32 Å². The number of amides is 1. The number of thioether (sulfide) groups is 1. The molecule has 7 heteroatoms. The van der Waals surface area contributed by atoms with E-state index in [4.69, 9.17) is 4.42 Å². The standard InChI is InChI=1S/C22H20N4O2S/c27-20(23-14-19-12-7-13-28-19)16-29-22-25-24-21(18-10-5-2-6-11-18)26(22)15-17-8-3-1-4-9-17/h1-13H,14-16H2,(H,23,27). The number of rotatable bonds is 8. The quantitative estimate of drug-likeness (QED) is 0.450. The average molecular weight is 404 g/mol. The summed E-state index contributed by atoms with van der Waals surface area (Å²) < 4.78 is 7.29. The van der Waals surface area contributed by atoms with E-state index in [0.29, 0.717) is 18.2 Å². The molecule has 6 nitrogen and oxygen atoms in total. The number of furan rings is 1. The van der Waals surface area contributed by atoms with Crippen LogP contribution in [0.1, 0.15) is 11.3 Å². The van der Waals surface area contributed by atoms with Crippen LogP contribution in [0.5, 0.6) is 0 Å². The first kappa shape index (κ1) is 19.0. The Bertz CT molecular complexity index is 1050. The molecule has 0 aliphatic carbocycles. The van der Waals surface area contributed by atoms with Gasteiger partial charge < -0.3 is 9.73 Å². The second kappa shape index (κ2) is 9.25. The number of hydrogen-bond acceptors (Lipinski definition) is 5. The Morgan fingerprint density at radius 3 is 2.45 bits per heavy atom. The van der Waals surface area contributed by atoms with Crippen molar-refractivity contribution in [3.05, 3.63) is 90.4 Å². The third-order valence-corrected chi connectivity index (χ3v) is 5.27. The molecule has 4 rings (SSSR count). The third kappa shape index (κ3) is 4.94. The molecule has 0 bridgehead atoms. The van der Waals surface area contributed by atoms with Crippen LogP contribution in [-0.2, 0) is 17.9 Å². The largest absolute Gasteiger partial charge is 0.467 e. The first-order valence-electron chi connectivity index (χ1n) is 9.24. The predicted octanol–water partition coefficient (Wildman–Crippen LogP) is 3.99. The predicted molar refractivity (Wildman–Crippen MR) is 112 cm³/mol. The molecule has 0 fully saturated rings. The molecule has 2 heterocycles. The Morgan fingerprint density at radius 1 is 0.966 bits per heavy atom. The average Bonchev–Trinajstić information content (AvgIpc) is 3.42. The van der Waals surface area contributed by atoms with E-state index >= 15 is 0 Å². The Kier molecular flexibility index (Phi) is 6.07. The maximum atomic E-state index is 12.2. The highest BCUT2D eigenvalue weighted by Crippen LogP contribution is 2.25. The maximum absolute atomic E-state index is 12.2. The van der Waals surface area contributed by atoms with Crippen molar-refractivity contribution in [3.8, 4) is 11.4 Å². The van der Waals surface area contributed by atoms with Crippen LogP contribution in [-0.4, -0.2) is 26.4 Å². The zero-order chi connectivity index (χ0) is 19.9. The Hall–Kier alpha value is -3.32. The minimum Gasteiger partial charge on any atom is -0.467 e. The van der Waals surface area contributed by atoms with Gasteiger partial charge in [-0.2, -0.15) is 0 Å². The van der Waals surface area contributed by atoms with Crippen molar-refractivity contribution in [1.82, 2.24) is 20.1 Å². The van der Waals surface area contributed by atoms with Crippen molar-refractivity contribution in [2.24, 2.45) is 0 Å². The number of benzene rings is 2. The van der Waals surface area contributed by atoms with Crippen molar-refractivity contribution in [3.63, 3.8) is 0 Å². The van der Waals surface area contributed by atoms with Crippen LogP contribution in [0.2, 0.25) is 0 Å². The fourth-order valence-corrected chi connectivity index (χ4v) is 3.65. The Morgan fingerprint density at radius 2 is 1.72 bits per heavy atom. The minimum atomic E-state index is -0.0816. The van der Waals surface area contributed by atoms with Crippen molar-refractivity contribution in [1.29, 1.82) is 0 Å². The molecule has 0 aliphatic heterocycles. The maximum Gasteiger partial charge on any atom is 0.230 e. The number of nitrogens with zero attached hydrogens (tertiary/aromatic N) is 3. The number of nitrogens with one attached hydrogen (secondary N) is 1. The van der Waals surface area contributed by atoms with Gasteiger partial charge >= 0.3 is 0 Å². The van der Waals surface area contributed by atoms with Gasteiger partial charge in [0.25, 0.3) is 0 Å². The Labute approximate surface area is 173 Å². The van der Waals surface area contributed by atoms with Crippen LogP contribution >= 0.6 is 11.8 Å². The van der Waals surface area contributed by atoms with Gasteiger partial charge in [-0.1, -0.05) is 72.4 Å². The van der Waals surface area contributed by atoms with Gasteiger partial charge in [0, 0.05) is 5.56 Å². The smallest absolute Gasteiger partial charge is 0.230 e. The Balaban J connectivity index is 1.50. The SMILES string of the molecule is O=C(CSc1nnc(-c2ccccc2)n1Cc1ccccc1)NCc1ccco1. The molecular weight excluding hydrogens is 384 g/mol. The summed E-state index contributed by atoms with van der Waals surface area (Å²) >= 11 is 1.37. The van der Waals surface area contributed by atoms with E-state index in [0.717, 1.165) is 22.7 Å².